The molecule has 0 aliphatic rings. The molecular weight excluding hydrogens is 590 g/mol. The molecule has 240 valence electrons. The van der Waals surface area contributed by atoms with Gasteiger partial charge in [0.1, 0.15) is 19.8 Å². The molecule has 45 heavy (non-hydrogen) atoms. The van der Waals surface area contributed by atoms with E-state index in [0.29, 0.717) is 28.1 Å². The Balaban J connectivity index is 0.000000330. The highest BCUT2D eigenvalue weighted by Crippen LogP contribution is 2.20. The van der Waals surface area contributed by atoms with Crippen LogP contribution in [0.15, 0.2) is 72.8 Å². The van der Waals surface area contributed by atoms with E-state index < -0.39 is 23.8 Å². The number of carbonyl (C=O) groups excluding carboxylic acids is 5. The van der Waals surface area contributed by atoms with Crippen molar-refractivity contribution in [3.8, 4) is 0 Å². The lowest BCUT2D eigenvalue weighted by Gasteiger charge is -2.09. The molecule has 0 aromatic heterocycles. The van der Waals surface area contributed by atoms with Crippen LogP contribution >= 0.6 is 0 Å². The van der Waals surface area contributed by atoms with Crippen molar-refractivity contribution < 1.29 is 52.8 Å². The number of aliphatic hydroxyl groups is 1. The summed E-state index contributed by atoms with van der Waals surface area (Å²) in [6, 6.07) is 19.3. The van der Waals surface area contributed by atoms with Crippen LogP contribution in [0.1, 0.15) is 31.1 Å². The van der Waals surface area contributed by atoms with Gasteiger partial charge in [0, 0.05) is 5.69 Å². The molecule has 0 aliphatic carbocycles. The maximum absolute atomic E-state index is 11.8. The van der Waals surface area contributed by atoms with Crippen molar-refractivity contribution in [3.05, 3.63) is 89.5 Å². The minimum absolute atomic E-state index is 0.0504. The highest BCUT2D eigenvalue weighted by atomic mass is 16.6. The van der Waals surface area contributed by atoms with Crippen molar-refractivity contribution in [2.75, 3.05) is 70.2 Å². The first-order valence-corrected chi connectivity index (χ1v) is 13.4. The first kappa shape index (κ1) is 35.9. The lowest BCUT2D eigenvalue weighted by Crippen LogP contribution is -2.20. The van der Waals surface area contributed by atoms with Crippen LogP contribution in [-0.2, 0) is 33.3 Å². The quantitative estimate of drug-likeness (QED) is 0.0882. The van der Waals surface area contributed by atoms with Gasteiger partial charge in [0.25, 0.3) is 0 Å². The van der Waals surface area contributed by atoms with E-state index in [-0.39, 0.29) is 51.2 Å². The predicted octanol–water partition coefficient (Wildman–Crippen LogP) is 2.29. The molecule has 0 aliphatic heterocycles. The number of amides is 2. The highest BCUT2D eigenvalue weighted by molar-refractivity contribution is 5.97. The second-order valence-electron chi connectivity index (χ2n) is 8.79. The van der Waals surface area contributed by atoms with Gasteiger partial charge in [-0.15, -0.1) is 0 Å². The van der Waals surface area contributed by atoms with Gasteiger partial charge in [0.2, 0.25) is 11.8 Å². The number of ether oxygens (including phenoxy) is 5. The van der Waals surface area contributed by atoms with Crippen LogP contribution < -0.4 is 16.4 Å². The van der Waals surface area contributed by atoms with E-state index in [4.69, 9.17) is 25.1 Å². The average molecular weight is 626 g/mol. The zero-order chi connectivity index (χ0) is 33.0. The van der Waals surface area contributed by atoms with Gasteiger partial charge in [0.05, 0.1) is 62.1 Å². The minimum atomic E-state index is -0.504. The molecule has 2 amide bonds. The number of methoxy groups -OCH3 is 2. The summed E-state index contributed by atoms with van der Waals surface area (Å²) in [4.78, 5) is 57.5. The molecule has 5 N–H and O–H groups in total. The Kier molecular flexibility index (Phi) is 15.8. The van der Waals surface area contributed by atoms with E-state index in [1.165, 1.54) is 32.4 Å². The van der Waals surface area contributed by atoms with E-state index in [2.05, 4.69) is 20.1 Å². The SMILES string of the molecule is COC(=O)c1ccc(NC(=O)COCCO)c(N)c1.COC(=O)c1ccc(NC(=O)COCCOC(=O)c2ccccc2)cc1. The first-order chi connectivity index (χ1) is 21.7. The lowest BCUT2D eigenvalue weighted by atomic mass is 10.1. The maximum atomic E-state index is 11.8. The minimum Gasteiger partial charge on any atom is -0.465 e. The van der Waals surface area contributed by atoms with Gasteiger partial charge in [-0.05, 0) is 54.6 Å². The molecule has 0 unspecified atom stereocenters. The van der Waals surface area contributed by atoms with Crippen LogP contribution in [0.2, 0.25) is 0 Å². The number of nitrogens with one attached hydrogen (secondary N) is 2. The number of hydrogen-bond donors (Lipinski definition) is 4. The molecule has 3 aromatic rings. The molecule has 0 atom stereocenters. The van der Waals surface area contributed by atoms with Crippen molar-refractivity contribution in [1.29, 1.82) is 0 Å². The van der Waals surface area contributed by atoms with E-state index >= 15 is 0 Å². The third-order valence-electron chi connectivity index (χ3n) is 5.51. The second-order valence-corrected chi connectivity index (χ2v) is 8.79. The van der Waals surface area contributed by atoms with E-state index in [1.807, 2.05) is 6.07 Å². The average Bonchev–Trinajstić information content (AvgIpc) is 3.05. The third kappa shape index (κ3) is 13.3. The molecule has 0 radical (unpaired) electrons. The molecule has 0 heterocycles. The number of aliphatic hydroxyl groups excluding tert-OH is 1. The van der Waals surface area contributed by atoms with Crippen molar-refractivity contribution in [2.45, 2.75) is 0 Å². The van der Waals surface area contributed by atoms with Gasteiger partial charge in [0.15, 0.2) is 0 Å². The van der Waals surface area contributed by atoms with Crippen LogP contribution in [0.3, 0.4) is 0 Å². The fourth-order valence-electron chi connectivity index (χ4n) is 3.36. The number of nitrogen functional groups attached to an aromatic ring is 1. The summed E-state index contributed by atoms with van der Waals surface area (Å²) in [5, 5.41) is 13.7. The molecule has 0 fully saturated rings. The normalized spacial score (nSPS) is 10.0. The standard InChI is InChI=1S/C19H19NO6.C12H16N2O5/c1-24-18(22)15-7-9-16(10-8-15)20-17(21)13-25-11-12-26-19(23)14-5-3-2-4-6-14;1-18-12(17)8-2-3-10(9(13)6-8)14-11(16)7-19-5-4-15/h2-10H,11-13H2,1H3,(H,20,21);2-3,6,15H,4-5,7,13H2,1H3,(H,14,16). The molecule has 0 saturated carbocycles. The topological polar surface area (TPSA) is 202 Å². The number of esters is 3. The van der Waals surface area contributed by atoms with Crippen LogP contribution in [0.25, 0.3) is 0 Å². The van der Waals surface area contributed by atoms with Crippen LogP contribution in [-0.4, -0.2) is 88.7 Å². The largest absolute Gasteiger partial charge is 0.465 e. The van der Waals surface area contributed by atoms with Gasteiger partial charge < -0.3 is 45.2 Å². The monoisotopic (exact) mass is 625 g/mol. The smallest absolute Gasteiger partial charge is 0.338 e. The summed E-state index contributed by atoms with van der Waals surface area (Å²) < 4.78 is 24.2. The van der Waals surface area contributed by atoms with Gasteiger partial charge in [-0.2, -0.15) is 0 Å². The summed E-state index contributed by atoms with van der Waals surface area (Å²) >= 11 is 0. The fraction of sp³-hybridized carbons (Fsp3) is 0.258. The number of carbonyl (C=O) groups is 5. The summed E-state index contributed by atoms with van der Waals surface area (Å²) in [6.07, 6.45) is 0. The van der Waals surface area contributed by atoms with E-state index in [9.17, 15) is 24.0 Å². The van der Waals surface area contributed by atoms with Crippen LogP contribution in [0.5, 0.6) is 0 Å². The fourth-order valence-corrected chi connectivity index (χ4v) is 3.36. The maximum Gasteiger partial charge on any atom is 0.338 e. The number of anilines is 3. The molecular formula is C31H35N3O11. The van der Waals surface area contributed by atoms with Gasteiger partial charge in [-0.1, -0.05) is 18.2 Å². The molecule has 3 rings (SSSR count). The number of nitrogens with two attached hydrogens (primary N) is 1. The highest BCUT2D eigenvalue weighted by Gasteiger charge is 2.11. The molecule has 0 bridgehead atoms. The zero-order valence-electron chi connectivity index (χ0n) is 24.8. The van der Waals surface area contributed by atoms with Crippen LogP contribution in [0.4, 0.5) is 17.1 Å². The Morgan fingerprint density at radius 2 is 1.22 bits per heavy atom. The van der Waals surface area contributed by atoms with Gasteiger partial charge in [-0.3, -0.25) is 9.59 Å². The molecule has 3 aromatic carbocycles. The molecule has 0 spiro atoms. The number of rotatable bonds is 14. The number of hydrogen-bond acceptors (Lipinski definition) is 12. The third-order valence-corrected chi connectivity index (χ3v) is 5.51. The molecule has 0 saturated heterocycles. The Labute approximate surface area is 259 Å². The predicted molar refractivity (Wildman–Crippen MR) is 163 cm³/mol. The van der Waals surface area contributed by atoms with E-state index in [0.717, 1.165) is 0 Å². The Morgan fingerprint density at radius 3 is 1.82 bits per heavy atom. The first-order valence-electron chi connectivity index (χ1n) is 13.4. The van der Waals surface area contributed by atoms with Gasteiger partial charge in [-0.25, -0.2) is 14.4 Å². The van der Waals surface area contributed by atoms with Crippen molar-refractivity contribution >= 4 is 46.8 Å². The molecule has 14 heteroatoms. The number of benzene rings is 3. The second kappa shape index (κ2) is 19.8. The van der Waals surface area contributed by atoms with Gasteiger partial charge >= 0.3 is 17.9 Å². The lowest BCUT2D eigenvalue weighted by molar-refractivity contribution is -0.121. The van der Waals surface area contributed by atoms with Crippen molar-refractivity contribution in [3.63, 3.8) is 0 Å². The summed E-state index contributed by atoms with van der Waals surface area (Å²) in [5.41, 5.74) is 8.02. The van der Waals surface area contributed by atoms with Crippen LogP contribution in [0, 0.1) is 0 Å². The van der Waals surface area contributed by atoms with E-state index in [1.54, 1.807) is 48.5 Å². The Hall–Kier alpha value is -5.31. The zero-order valence-corrected chi connectivity index (χ0v) is 24.8. The van der Waals surface area contributed by atoms with Crippen molar-refractivity contribution in [1.82, 2.24) is 0 Å². The van der Waals surface area contributed by atoms with Crippen molar-refractivity contribution in [2.24, 2.45) is 0 Å². The Bertz CT molecular complexity index is 1410. The Morgan fingerprint density at radius 1 is 0.667 bits per heavy atom. The summed E-state index contributed by atoms with van der Waals surface area (Å²) in [5.74, 6) is -2.15. The molecule has 14 nitrogen and oxygen atoms in total. The summed E-state index contributed by atoms with van der Waals surface area (Å²) in [7, 11) is 2.57. The summed E-state index contributed by atoms with van der Waals surface area (Å²) in [6.45, 7) is -0.268.